The molecular formula is C15H18BrFO3. The molecule has 0 radical (unpaired) electrons. The van der Waals surface area contributed by atoms with Crippen LogP contribution >= 0.6 is 15.9 Å². The van der Waals surface area contributed by atoms with Gasteiger partial charge in [0.1, 0.15) is 17.7 Å². The summed E-state index contributed by atoms with van der Waals surface area (Å²) >= 11 is 3.38. The summed E-state index contributed by atoms with van der Waals surface area (Å²) in [5.74, 6) is 0.517. The molecule has 2 aliphatic rings. The van der Waals surface area contributed by atoms with Gasteiger partial charge in [0.25, 0.3) is 0 Å². The van der Waals surface area contributed by atoms with E-state index in [1.807, 2.05) is 0 Å². The Bertz CT molecular complexity index is 474. The molecule has 2 saturated heterocycles. The Hall–Kier alpha value is -0.650. The monoisotopic (exact) mass is 344 g/mol. The normalized spacial score (nSPS) is 29.8. The maximum atomic E-state index is 13.2. The van der Waals surface area contributed by atoms with Gasteiger partial charge in [-0.1, -0.05) is 15.9 Å². The summed E-state index contributed by atoms with van der Waals surface area (Å²) < 4.78 is 30.7. The number of hydrogen-bond acceptors (Lipinski definition) is 3. The number of ether oxygens (including phenoxy) is 3. The fourth-order valence-corrected chi connectivity index (χ4v) is 3.33. The highest BCUT2D eigenvalue weighted by atomic mass is 79.9. The van der Waals surface area contributed by atoms with Gasteiger partial charge >= 0.3 is 0 Å². The molecule has 2 aliphatic heterocycles. The Labute approximate surface area is 126 Å². The van der Waals surface area contributed by atoms with E-state index in [9.17, 15) is 4.39 Å². The molecule has 2 unspecified atom stereocenters. The van der Waals surface area contributed by atoms with Gasteiger partial charge < -0.3 is 14.2 Å². The molecule has 0 bridgehead atoms. The number of hydrogen-bond donors (Lipinski definition) is 0. The highest BCUT2D eigenvalue weighted by Gasteiger charge is 2.41. The molecule has 2 heterocycles. The molecule has 0 N–H and O–H groups in total. The first-order chi connectivity index (χ1) is 9.71. The van der Waals surface area contributed by atoms with Crippen molar-refractivity contribution in [2.45, 2.75) is 36.3 Å². The molecule has 20 heavy (non-hydrogen) atoms. The van der Waals surface area contributed by atoms with Crippen LogP contribution in [0, 0.1) is 5.82 Å². The van der Waals surface area contributed by atoms with Crippen molar-refractivity contribution in [1.82, 2.24) is 0 Å². The van der Waals surface area contributed by atoms with E-state index in [1.165, 1.54) is 12.1 Å². The van der Waals surface area contributed by atoms with Crippen molar-refractivity contribution in [3.05, 3.63) is 29.6 Å². The summed E-state index contributed by atoms with van der Waals surface area (Å²) in [5.41, 5.74) is 0.672. The van der Waals surface area contributed by atoms with Crippen LogP contribution in [0.5, 0.6) is 5.75 Å². The van der Waals surface area contributed by atoms with Crippen LogP contribution in [-0.2, 0) is 14.8 Å². The van der Waals surface area contributed by atoms with Gasteiger partial charge in [0, 0.05) is 36.8 Å². The predicted octanol–water partition coefficient (Wildman–Crippen LogP) is 3.44. The van der Waals surface area contributed by atoms with Crippen LogP contribution in [0.2, 0.25) is 0 Å². The predicted molar refractivity (Wildman–Crippen MR) is 76.8 cm³/mol. The zero-order chi connectivity index (χ0) is 14.0. The van der Waals surface area contributed by atoms with Crippen molar-refractivity contribution in [1.29, 1.82) is 0 Å². The average Bonchev–Trinajstić information content (AvgIpc) is 2.89. The lowest BCUT2D eigenvalue weighted by atomic mass is 9.91. The van der Waals surface area contributed by atoms with Gasteiger partial charge in [-0.2, -0.15) is 0 Å². The molecular weight excluding hydrogens is 327 g/mol. The first kappa shape index (κ1) is 14.3. The standard InChI is InChI=1S/C15H18BrFO3/c16-9-11-7-12(17)1-2-14(11)20-13-3-5-19-15(8-13)4-6-18-10-15/h1-2,7,13H,3-6,8-10H2. The number of alkyl halides is 1. The zero-order valence-corrected chi connectivity index (χ0v) is 12.8. The van der Waals surface area contributed by atoms with E-state index in [-0.39, 0.29) is 17.5 Å². The second kappa shape index (κ2) is 6.00. The highest BCUT2D eigenvalue weighted by Crippen LogP contribution is 2.35. The summed E-state index contributed by atoms with van der Waals surface area (Å²) in [6.07, 6.45) is 2.74. The number of rotatable bonds is 3. The van der Waals surface area contributed by atoms with Crippen molar-refractivity contribution in [3.63, 3.8) is 0 Å². The molecule has 0 aliphatic carbocycles. The Kier molecular flexibility index (Phi) is 4.29. The number of halogens is 2. The van der Waals surface area contributed by atoms with E-state index in [4.69, 9.17) is 14.2 Å². The van der Waals surface area contributed by atoms with Gasteiger partial charge in [-0.25, -0.2) is 4.39 Å². The van der Waals surface area contributed by atoms with Gasteiger partial charge in [0.2, 0.25) is 0 Å². The Morgan fingerprint density at radius 3 is 3.05 bits per heavy atom. The molecule has 3 nitrogen and oxygen atoms in total. The van der Waals surface area contributed by atoms with Gasteiger partial charge in [0.05, 0.1) is 18.8 Å². The SMILES string of the molecule is Fc1ccc(OC2CCOC3(CCOC3)C2)c(CBr)c1. The number of benzene rings is 1. The molecule has 2 fully saturated rings. The minimum Gasteiger partial charge on any atom is -0.490 e. The molecule has 0 aromatic heterocycles. The van der Waals surface area contributed by atoms with Crippen LogP contribution in [0.1, 0.15) is 24.8 Å². The fraction of sp³-hybridized carbons (Fsp3) is 0.600. The zero-order valence-electron chi connectivity index (χ0n) is 11.2. The Morgan fingerprint density at radius 2 is 2.30 bits per heavy atom. The van der Waals surface area contributed by atoms with Crippen molar-refractivity contribution in [3.8, 4) is 5.75 Å². The van der Waals surface area contributed by atoms with Crippen LogP contribution in [0.25, 0.3) is 0 Å². The van der Waals surface area contributed by atoms with Crippen LogP contribution < -0.4 is 4.74 Å². The first-order valence-electron chi connectivity index (χ1n) is 6.93. The maximum absolute atomic E-state index is 13.2. The molecule has 3 rings (SSSR count). The van der Waals surface area contributed by atoms with Crippen molar-refractivity contribution in [2.24, 2.45) is 0 Å². The highest BCUT2D eigenvalue weighted by molar-refractivity contribution is 9.08. The molecule has 1 aromatic carbocycles. The summed E-state index contributed by atoms with van der Waals surface area (Å²) in [6.45, 7) is 2.11. The smallest absolute Gasteiger partial charge is 0.123 e. The Balaban J connectivity index is 1.71. The van der Waals surface area contributed by atoms with Crippen molar-refractivity contribution in [2.75, 3.05) is 19.8 Å². The van der Waals surface area contributed by atoms with E-state index < -0.39 is 0 Å². The summed E-state index contributed by atoms with van der Waals surface area (Å²) in [4.78, 5) is 0. The largest absolute Gasteiger partial charge is 0.490 e. The van der Waals surface area contributed by atoms with E-state index in [0.29, 0.717) is 18.5 Å². The average molecular weight is 345 g/mol. The molecule has 110 valence electrons. The van der Waals surface area contributed by atoms with Crippen LogP contribution in [0.15, 0.2) is 18.2 Å². The third kappa shape index (κ3) is 3.00. The second-order valence-corrected chi connectivity index (χ2v) is 6.01. The third-order valence-electron chi connectivity index (χ3n) is 3.98. The molecule has 0 amide bonds. The fourth-order valence-electron chi connectivity index (χ4n) is 2.89. The van der Waals surface area contributed by atoms with E-state index in [0.717, 1.165) is 37.2 Å². The lowest BCUT2D eigenvalue weighted by Crippen LogP contribution is -2.44. The molecule has 1 spiro atoms. The topological polar surface area (TPSA) is 27.7 Å². The van der Waals surface area contributed by atoms with E-state index in [1.54, 1.807) is 6.07 Å². The van der Waals surface area contributed by atoms with E-state index in [2.05, 4.69) is 15.9 Å². The minimum absolute atomic E-state index is 0.105. The maximum Gasteiger partial charge on any atom is 0.123 e. The van der Waals surface area contributed by atoms with Gasteiger partial charge in [0.15, 0.2) is 0 Å². The van der Waals surface area contributed by atoms with Gasteiger partial charge in [-0.15, -0.1) is 0 Å². The summed E-state index contributed by atoms with van der Waals surface area (Å²) in [5, 5.41) is 0.581. The van der Waals surface area contributed by atoms with Gasteiger partial charge in [-0.05, 0) is 18.2 Å². The minimum atomic E-state index is -0.237. The van der Waals surface area contributed by atoms with E-state index >= 15 is 0 Å². The molecule has 1 aromatic rings. The first-order valence-corrected chi connectivity index (χ1v) is 8.06. The lowest BCUT2D eigenvalue weighted by Gasteiger charge is -2.37. The lowest BCUT2D eigenvalue weighted by molar-refractivity contribution is -0.112. The van der Waals surface area contributed by atoms with Crippen molar-refractivity contribution < 1.29 is 18.6 Å². The molecule has 5 heteroatoms. The van der Waals surface area contributed by atoms with Crippen molar-refractivity contribution >= 4 is 15.9 Å². The van der Waals surface area contributed by atoms with Gasteiger partial charge in [-0.3, -0.25) is 0 Å². The second-order valence-electron chi connectivity index (χ2n) is 5.45. The van der Waals surface area contributed by atoms with Crippen LogP contribution in [-0.4, -0.2) is 31.5 Å². The summed E-state index contributed by atoms with van der Waals surface area (Å²) in [6, 6.07) is 4.66. The van der Waals surface area contributed by atoms with Crippen LogP contribution in [0.3, 0.4) is 0 Å². The molecule has 2 atom stereocenters. The van der Waals surface area contributed by atoms with Crippen LogP contribution in [0.4, 0.5) is 4.39 Å². The Morgan fingerprint density at radius 1 is 1.40 bits per heavy atom. The molecule has 0 saturated carbocycles. The quantitative estimate of drug-likeness (QED) is 0.786. The summed E-state index contributed by atoms with van der Waals surface area (Å²) in [7, 11) is 0. The third-order valence-corrected chi connectivity index (χ3v) is 4.58.